The van der Waals surface area contributed by atoms with E-state index in [4.69, 9.17) is 9.26 Å². The van der Waals surface area contributed by atoms with E-state index in [-0.39, 0.29) is 6.35 Å². The number of benzene rings is 2. The Morgan fingerprint density at radius 2 is 1.79 bits per heavy atom. The lowest BCUT2D eigenvalue weighted by atomic mass is 9.98. The number of hydrogen-bond donors (Lipinski definition) is 0. The highest BCUT2D eigenvalue weighted by molar-refractivity contribution is 7.58. The Balaban J connectivity index is 1.63. The van der Waals surface area contributed by atoms with Crippen LogP contribution in [0.25, 0.3) is 0 Å². The van der Waals surface area contributed by atoms with Crippen LogP contribution in [0.15, 0.2) is 48.5 Å². The normalized spacial score (nSPS) is 18.3. The van der Waals surface area contributed by atoms with Gasteiger partial charge in [-0.15, -0.1) is 0 Å². The maximum atomic E-state index is 12.6. The molecule has 2 aromatic rings. The highest BCUT2D eigenvalue weighted by Gasteiger charge is 2.25. The van der Waals surface area contributed by atoms with Gasteiger partial charge in [0.1, 0.15) is 18.0 Å². The van der Waals surface area contributed by atoms with Crippen LogP contribution in [-0.4, -0.2) is 38.1 Å². The minimum absolute atomic E-state index is 0.0717. The summed E-state index contributed by atoms with van der Waals surface area (Å²) in [6.45, 7) is 3.78. The van der Waals surface area contributed by atoms with Gasteiger partial charge in [-0.3, -0.25) is 4.57 Å². The fraction of sp³-hybridized carbons (Fsp3) is 0.368. The third-order valence-electron chi connectivity index (χ3n) is 4.27. The van der Waals surface area contributed by atoms with Crippen molar-refractivity contribution in [2.75, 3.05) is 33.7 Å². The summed E-state index contributed by atoms with van der Waals surface area (Å²) in [7, 11) is 1.65. The number of likely N-dealkylation sites (N-methyl/N-ethyl adjacent to an activating group) is 1. The molecule has 1 unspecified atom stereocenters. The zero-order chi connectivity index (χ0) is 17.2. The summed E-state index contributed by atoms with van der Waals surface area (Å²) in [5.41, 5.74) is 2.71. The summed E-state index contributed by atoms with van der Waals surface area (Å²) >= 11 is 0. The molecule has 0 fully saturated rings. The second-order valence-electron chi connectivity index (χ2n) is 7.19. The van der Waals surface area contributed by atoms with Gasteiger partial charge in [-0.2, -0.15) is 0 Å². The van der Waals surface area contributed by atoms with Gasteiger partial charge in [-0.1, -0.05) is 18.2 Å². The number of fused-ring (bicyclic) bond motifs is 1. The van der Waals surface area contributed by atoms with Gasteiger partial charge in [0, 0.05) is 18.6 Å². The Morgan fingerprint density at radius 3 is 2.54 bits per heavy atom. The van der Waals surface area contributed by atoms with Crippen molar-refractivity contribution in [3.63, 3.8) is 0 Å². The zero-order valence-corrected chi connectivity index (χ0v) is 15.5. The molecule has 0 bridgehead atoms. The minimum Gasteiger partial charge on any atom is -0.482 e. The molecule has 1 aliphatic rings. The van der Waals surface area contributed by atoms with Gasteiger partial charge in [-0.25, -0.2) is 0 Å². The summed E-state index contributed by atoms with van der Waals surface area (Å²) in [6, 6.07) is 15.4. The van der Waals surface area contributed by atoms with E-state index in [9.17, 15) is 4.57 Å². The number of quaternary nitrogens is 1. The summed E-state index contributed by atoms with van der Waals surface area (Å²) in [5, 5.41) is 0. The van der Waals surface area contributed by atoms with Crippen molar-refractivity contribution in [1.82, 2.24) is 0 Å². The van der Waals surface area contributed by atoms with E-state index in [2.05, 4.69) is 26.2 Å². The molecule has 0 spiro atoms. The maximum absolute atomic E-state index is 12.6. The first kappa shape index (κ1) is 17.1. The quantitative estimate of drug-likeness (QED) is 0.603. The highest BCUT2D eigenvalue weighted by atomic mass is 31.2. The van der Waals surface area contributed by atoms with Crippen molar-refractivity contribution in [3.05, 3.63) is 59.7 Å². The second kappa shape index (κ2) is 6.62. The summed E-state index contributed by atoms with van der Waals surface area (Å²) in [6.07, 6.45) is 1.12. The van der Waals surface area contributed by atoms with Crippen molar-refractivity contribution in [1.29, 1.82) is 0 Å². The number of ether oxygens (including phenoxy) is 1. The van der Waals surface area contributed by atoms with Crippen LogP contribution in [0.4, 0.5) is 0 Å². The highest BCUT2D eigenvalue weighted by Crippen LogP contribution is 2.43. The molecule has 5 heteroatoms. The molecule has 2 aromatic carbocycles. The fourth-order valence-electron chi connectivity index (χ4n) is 2.96. The van der Waals surface area contributed by atoms with Crippen molar-refractivity contribution < 1.29 is 18.3 Å². The molecule has 4 nitrogen and oxygen atoms in total. The number of rotatable bonds is 5. The van der Waals surface area contributed by atoms with E-state index < -0.39 is 7.37 Å². The molecule has 0 amide bonds. The summed E-state index contributed by atoms with van der Waals surface area (Å²) in [5.74, 6) is 1.37. The Hall–Kier alpha value is -1.77. The Kier molecular flexibility index (Phi) is 4.71. The van der Waals surface area contributed by atoms with Crippen molar-refractivity contribution in [3.8, 4) is 11.5 Å². The Morgan fingerprint density at radius 1 is 1.04 bits per heavy atom. The molecule has 0 aliphatic carbocycles. The van der Waals surface area contributed by atoms with Crippen LogP contribution in [-0.2, 0) is 17.5 Å². The average Bonchev–Trinajstić information content (AvgIpc) is 2.53. The van der Waals surface area contributed by atoms with Crippen LogP contribution in [0.3, 0.4) is 0 Å². The molecule has 24 heavy (non-hydrogen) atoms. The second-order valence-corrected chi connectivity index (χ2v) is 9.66. The van der Waals surface area contributed by atoms with Crippen LogP contribution in [0.2, 0.25) is 0 Å². The Bertz CT molecular complexity index is 758. The molecular weight excluding hydrogens is 321 g/mol. The molecule has 128 valence electrons. The van der Waals surface area contributed by atoms with Crippen LogP contribution < -0.4 is 9.26 Å². The maximum Gasteiger partial charge on any atom is 0.281 e. The lowest BCUT2D eigenvalue weighted by molar-refractivity contribution is -0.905. The van der Waals surface area contributed by atoms with E-state index in [0.717, 1.165) is 29.7 Å². The molecular formula is C19H25NO3P+. The standard InChI is InChI=1S/C19H25NO3P/c1-20(2)12-11-16-13-19(10-9-17(16)14-20)22-15-24(3,21)23-18-7-5-4-6-8-18/h4-10,13H,11-12,14-15H2,1-3H3/q+1. The van der Waals surface area contributed by atoms with Gasteiger partial charge < -0.3 is 13.7 Å². The monoisotopic (exact) mass is 346 g/mol. The van der Waals surface area contributed by atoms with E-state index in [1.165, 1.54) is 11.1 Å². The van der Waals surface area contributed by atoms with Gasteiger partial charge in [0.05, 0.1) is 20.6 Å². The first-order chi connectivity index (χ1) is 11.3. The van der Waals surface area contributed by atoms with Crippen LogP contribution >= 0.6 is 7.37 Å². The van der Waals surface area contributed by atoms with Crippen molar-refractivity contribution in [2.45, 2.75) is 13.0 Å². The number of para-hydroxylation sites is 1. The molecule has 0 saturated carbocycles. The van der Waals surface area contributed by atoms with E-state index in [1.807, 2.05) is 24.3 Å². The van der Waals surface area contributed by atoms with Crippen molar-refractivity contribution in [2.24, 2.45) is 0 Å². The van der Waals surface area contributed by atoms with Crippen LogP contribution in [0, 0.1) is 0 Å². The molecule has 1 heterocycles. The third kappa shape index (κ3) is 4.40. The molecule has 0 aromatic heterocycles. The van der Waals surface area contributed by atoms with Gasteiger partial charge in [-0.05, 0) is 35.9 Å². The molecule has 0 radical (unpaired) electrons. The molecule has 0 N–H and O–H groups in total. The minimum atomic E-state index is -2.85. The summed E-state index contributed by atoms with van der Waals surface area (Å²) < 4.78 is 25.0. The largest absolute Gasteiger partial charge is 0.482 e. The molecule has 1 aliphatic heterocycles. The topological polar surface area (TPSA) is 35.5 Å². The van der Waals surface area contributed by atoms with Crippen LogP contribution in [0.5, 0.6) is 11.5 Å². The molecule has 3 rings (SSSR count). The molecule has 0 saturated heterocycles. The Labute approximate surface area is 144 Å². The van der Waals surface area contributed by atoms with Gasteiger partial charge >= 0.3 is 0 Å². The molecule has 1 atom stereocenters. The van der Waals surface area contributed by atoms with Gasteiger partial charge in [0.2, 0.25) is 0 Å². The first-order valence-electron chi connectivity index (χ1n) is 8.21. The summed E-state index contributed by atoms with van der Waals surface area (Å²) in [4.78, 5) is 0. The number of nitrogens with zero attached hydrogens (tertiary/aromatic N) is 1. The van der Waals surface area contributed by atoms with Crippen molar-refractivity contribution >= 4 is 7.37 Å². The van der Waals surface area contributed by atoms with E-state index >= 15 is 0 Å². The third-order valence-corrected chi connectivity index (χ3v) is 5.47. The van der Waals surface area contributed by atoms with Crippen LogP contribution in [0.1, 0.15) is 11.1 Å². The van der Waals surface area contributed by atoms with Gasteiger partial charge in [0.15, 0.2) is 6.35 Å². The lowest BCUT2D eigenvalue weighted by Crippen LogP contribution is -2.43. The van der Waals surface area contributed by atoms with E-state index in [0.29, 0.717) is 5.75 Å². The number of hydrogen-bond acceptors (Lipinski definition) is 3. The smallest absolute Gasteiger partial charge is 0.281 e. The zero-order valence-electron chi connectivity index (χ0n) is 14.6. The SMILES string of the molecule is C[N+]1(C)CCc2cc(OCP(C)(=O)Oc3ccccc3)ccc2C1. The van der Waals surface area contributed by atoms with E-state index in [1.54, 1.807) is 18.8 Å². The lowest BCUT2D eigenvalue weighted by Gasteiger charge is -2.34. The predicted octanol–water partition coefficient (Wildman–Crippen LogP) is 4.14. The first-order valence-corrected chi connectivity index (χ1v) is 10.5. The fourth-order valence-corrected chi connectivity index (χ4v) is 3.97. The average molecular weight is 346 g/mol. The van der Waals surface area contributed by atoms with Gasteiger partial charge in [0.25, 0.3) is 7.37 Å². The predicted molar refractivity (Wildman–Crippen MR) is 96.9 cm³/mol.